The first-order chi connectivity index (χ1) is 13.2. The molecule has 0 saturated heterocycles. The molecule has 0 atom stereocenters. The normalized spacial score (nSPS) is 11.3. The van der Waals surface area contributed by atoms with Gasteiger partial charge >= 0.3 is 5.97 Å². The van der Waals surface area contributed by atoms with Gasteiger partial charge in [0.05, 0.1) is 4.90 Å². The van der Waals surface area contributed by atoms with Crippen LogP contribution in [0.4, 0.5) is 0 Å². The summed E-state index contributed by atoms with van der Waals surface area (Å²) < 4.78 is 33.0. The molecule has 0 amide bonds. The summed E-state index contributed by atoms with van der Waals surface area (Å²) in [7, 11) is -3.73. The molecule has 0 spiro atoms. The fourth-order valence-corrected chi connectivity index (χ4v) is 3.47. The van der Waals surface area contributed by atoms with Crippen molar-refractivity contribution in [3.8, 4) is 5.75 Å². The Kier molecular flexibility index (Phi) is 7.78. The summed E-state index contributed by atoms with van der Waals surface area (Å²) in [5, 5.41) is 5.75. The lowest BCUT2D eigenvalue weighted by Crippen LogP contribution is -2.14. The molecule has 0 saturated carbocycles. The second-order valence-electron chi connectivity index (χ2n) is 5.95. The Morgan fingerprint density at radius 3 is 2.25 bits per heavy atom. The molecule has 0 fully saturated rings. The quantitative estimate of drug-likeness (QED) is 0.280. The zero-order chi connectivity index (χ0) is 20.7. The van der Waals surface area contributed by atoms with Crippen molar-refractivity contribution in [1.29, 1.82) is 0 Å². The van der Waals surface area contributed by atoms with Gasteiger partial charge in [0.25, 0.3) is 0 Å². The third-order valence-corrected chi connectivity index (χ3v) is 5.41. The molecule has 8 nitrogen and oxygen atoms in total. The van der Waals surface area contributed by atoms with Crippen LogP contribution in [0.5, 0.6) is 5.75 Å². The number of ether oxygens (including phenoxy) is 2. The molecule has 2 aromatic rings. The van der Waals surface area contributed by atoms with Gasteiger partial charge in [0.15, 0.2) is 5.16 Å². The van der Waals surface area contributed by atoms with Gasteiger partial charge in [-0.15, -0.1) is 0 Å². The van der Waals surface area contributed by atoms with Crippen LogP contribution in [0.25, 0.3) is 0 Å². The van der Waals surface area contributed by atoms with E-state index in [1.807, 2.05) is 20.1 Å². The number of esters is 1. The van der Waals surface area contributed by atoms with Crippen LogP contribution in [0.2, 0.25) is 0 Å². The van der Waals surface area contributed by atoms with E-state index in [0.29, 0.717) is 12.2 Å². The second kappa shape index (κ2) is 9.85. The molecular weight excluding hydrogens is 402 g/mol. The predicted octanol–water partition coefficient (Wildman–Crippen LogP) is 2.02. The minimum Gasteiger partial charge on any atom is -0.490 e. The van der Waals surface area contributed by atoms with Crippen molar-refractivity contribution in [3.63, 3.8) is 0 Å². The molecule has 0 aliphatic rings. The van der Waals surface area contributed by atoms with Gasteiger partial charge in [0.2, 0.25) is 10.0 Å². The number of rotatable bonds is 9. The smallest absolute Gasteiger partial charge is 0.306 e. The van der Waals surface area contributed by atoms with E-state index in [1.165, 1.54) is 36.0 Å². The van der Waals surface area contributed by atoms with Crippen LogP contribution < -0.4 is 9.88 Å². The Hall–Kier alpha value is -2.17. The topological polar surface area (TPSA) is 121 Å². The van der Waals surface area contributed by atoms with Gasteiger partial charge in [-0.3, -0.25) is 4.79 Å². The maximum Gasteiger partial charge on any atom is 0.306 e. The fraction of sp³-hybridized carbons (Fsp3) is 0.389. The standard InChI is InChI=1S/C18H23N3O5S2/c1-12-16(13(2)21-18(20-12)27-3)8-9-17(22)26-11-10-25-14-4-6-15(7-5-14)28(19,23)24/h4-7H,8-11H2,1-3H3,(H2,19,23,24). The number of thioether (sulfide) groups is 1. The van der Waals surface area contributed by atoms with E-state index in [4.69, 9.17) is 14.6 Å². The number of aromatic nitrogens is 2. The number of benzene rings is 1. The number of primary sulfonamides is 1. The Labute approximate surface area is 168 Å². The molecule has 1 heterocycles. The number of sulfonamides is 1. The zero-order valence-corrected chi connectivity index (χ0v) is 17.6. The van der Waals surface area contributed by atoms with Crippen molar-refractivity contribution in [2.45, 2.75) is 36.7 Å². The Balaban J connectivity index is 1.75. The summed E-state index contributed by atoms with van der Waals surface area (Å²) in [6, 6.07) is 5.69. The average molecular weight is 426 g/mol. The largest absolute Gasteiger partial charge is 0.490 e. The monoisotopic (exact) mass is 425 g/mol. The number of nitrogens with zero attached hydrogens (tertiary/aromatic N) is 2. The molecule has 152 valence electrons. The number of carbonyl (C=O) groups is 1. The maximum absolute atomic E-state index is 11.9. The van der Waals surface area contributed by atoms with Crippen LogP contribution in [0.3, 0.4) is 0 Å². The summed E-state index contributed by atoms with van der Waals surface area (Å²) in [5.41, 5.74) is 2.70. The molecule has 28 heavy (non-hydrogen) atoms. The van der Waals surface area contributed by atoms with Gasteiger partial charge < -0.3 is 9.47 Å². The summed E-state index contributed by atoms with van der Waals surface area (Å²) in [4.78, 5) is 20.7. The molecule has 2 rings (SSSR count). The molecular formula is C18H23N3O5S2. The van der Waals surface area contributed by atoms with Gasteiger partial charge in [0, 0.05) is 17.8 Å². The second-order valence-corrected chi connectivity index (χ2v) is 8.28. The van der Waals surface area contributed by atoms with Gasteiger partial charge in [-0.2, -0.15) is 0 Å². The highest BCUT2D eigenvalue weighted by Crippen LogP contribution is 2.17. The van der Waals surface area contributed by atoms with Crippen molar-refractivity contribution in [3.05, 3.63) is 41.2 Å². The summed E-state index contributed by atoms with van der Waals surface area (Å²) in [6.07, 6.45) is 2.66. The SMILES string of the molecule is CSc1nc(C)c(CCC(=O)OCCOc2ccc(S(N)(=O)=O)cc2)c(C)n1. The molecule has 1 aromatic heterocycles. The van der Waals surface area contributed by atoms with Crippen molar-refractivity contribution in [2.75, 3.05) is 19.5 Å². The molecule has 2 N–H and O–H groups in total. The van der Waals surface area contributed by atoms with Crippen LogP contribution in [-0.4, -0.2) is 43.8 Å². The summed E-state index contributed by atoms with van der Waals surface area (Å²) in [5.74, 6) is 0.127. The molecule has 0 radical (unpaired) electrons. The average Bonchev–Trinajstić information content (AvgIpc) is 2.64. The fourth-order valence-electron chi connectivity index (χ4n) is 2.50. The molecule has 0 bridgehead atoms. The van der Waals surface area contributed by atoms with E-state index >= 15 is 0 Å². The molecule has 0 aliphatic heterocycles. The number of aryl methyl sites for hydroxylation is 2. The van der Waals surface area contributed by atoms with E-state index in [0.717, 1.165) is 22.1 Å². The van der Waals surface area contributed by atoms with E-state index in [1.54, 1.807) is 0 Å². The number of nitrogens with two attached hydrogens (primary N) is 1. The van der Waals surface area contributed by atoms with Crippen molar-refractivity contribution >= 4 is 27.8 Å². The van der Waals surface area contributed by atoms with E-state index in [2.05, 4.69) is 9.97 Å². The minimum atomic E-state index is -3.73. The number of carbonyl (C=O) groups excluding carboxylic acids is 1. The number of hydrogen-bond acceptors (Lipinski definition) is 8. The van der Waals surface area contributed by atoms with Crippen molar-refractivity contribution in [1.82, 2.24) is 9.97 Å². The lowest BCUT2D eigenvalue weighted by atomic mass is 10.1. The highest BCUT2D eigenvalue weighted by atomic mass is 32.2. The van der Waals surface area contributed by atoms with Gasteiger partial charge in [-0.1, -0.05) is 11.8 Å². The molecule has 1 aromatic carbocycles. The lowest BCUT2D eigenvalue weighted by Gasteiger charge is -2.10. The van der Waals surface area contributed by atoms with E-state index < -0.39 is 10.0 Å². The van der Waals surface area contributed by atoms with Crippen molar-refractivity contribution in [2.24, 2.45) is 5.14 Å². The first-order valence-corrected chi connectivity index (χ1v) is 11.3. The van der Waals surface area contributed by atoms with Crippen LogP contribution in [-0.2, 0) is 26.0 Å². The number of hydrogen-bond donors (Lipinski definition) is 1. The Bertz CT molecular complexity index is 908. The van der Waals surface area contributed by atoms with Crippen LogP contribution in [0, 0.1) is 13.8 Å². The summed E-state index contributed by atoms with van der Waals surface area (Å²) in [6.45, 7) is 4.06. The predicted molar refractivity (Wildman–Crippen MR) is 106 cm³/mol. The minimum absolute atomic E-state index is 0.00593. The Morgan fingerprint density at radius 2 is 1.71 bits per heavy atom. The summed E-state index contributed by atoms with van der Waals surface area (Å²) >= 11 is 1.48. The maximum atomic E-state index is 11.9. The third kappa shape index (κ3) is 6.47. The van der Waals surface area contributed by atoms with Crippen LogP contribution in [0.15, 0.2) is 34.3 Å². The van der Waals surface area contributed by atoms with Crippen LogP contribution >= 0.6 is 11.8 Å². The van der Waals surface area contributed by atoms with E-state index in [-0.39, 0.29) is 30.5 Å². The highest BCUT2D eigenvalue weighted by molar-refractivity contribution is 7.98. The third-order valence-electron chi connectivity index (χ3n) is 3.93. The molecule has 10 heteroatoms. The van der Waals surface area contributed by atoms with Gasteiger partial charge in [-0.05, 0) is 56.4 Å². The van der Waals surface area contributed by atoms with Crippen LogP contribution in [0.1, 0.15) is 23.4 Å². The van der Waals surface area contributed by atoms with Gasteiger partial charge in [0.1, 0.15) is 19.0 Å². The lowest BCUT2D eigenvalue weighted by molar-refractivity contribution is -0.144. The zero-order valence-electron chi connectivity index (χ0n) is 16.0. The first kappa shape index (κ1) is 22.1. The van der Waals surface area contributed by atoms with Gasteiger partial charge in [-0.25, -0.2) is 23.5 Å². The van der Waals surface area contributed by atoms with Crippen molar-refractivity contribution < 1.29 is 22.7 Å². The molecule has 0 unspecified atom stereocenters. The Morgan fingerprint density at radius 1 is 1.11 bits per heavy atom. The van der Waals surface area contributed by atoms with E-state index in [9.17, 15) is 13.2 Å². The first-order valence-electron chi connectivity index (χ1n) is 8.50. The highest BCUT2D eigenvalue weighted by Gasteiger charge is 2.11. The molecule has 0 aliphatic carbocycles.